The Hall–Kier alpha value is -1.19. The van der Waals surface area contributed by atoms with Crippen LogP contribution in [-0.2, 0) is 5.92 Å². The minimum atomic E-state index is -2.73. The molecule has 0 spiro atoms. The maximum Gasteiger partial charge on any atom is 0.278 e. The first kappa shape index (κ1) is 12.8. The van der Waals surface area contributed by atoms with E-state index in [4.69, 9.17) is 0 Å². The summed E-state index contributed by atoms with van der Waals surface area (Å²) in [6.45, 7) is 5.23. The second kappa shape index (κ2) is 4.43. The van der Waals surface area contributed by atoms with Gasteiger partial charge in [0.1, 0.15) is 5.82 Å². The lowest BCUT2D eigenvalue weighted by Gasteiger charge is -2.46. The van der Waals surface area contributed by atoms with E-state index in [0.29, 0.717) is 17.7 Å². The van der Waals surface area contributed by atoms with Gasteiger partial charge in [0.05, 0.1) is 5.56 Å². The molecule has 1 saturated heterocycles. The molecule has 1 aromatic rings. The smallest absolute Gasteiger partial charge is 0.278 e. The van der Waals surface area contributed by atoms with E-state index < -0.39 is 5.92 Å². The fourth-order valence-corrected chi connectivity index (χ4v) is 3.48. The van der Waals surface area contributed by atoms with Crippen LogP contribution in [0.5, 0.6) is 0 Å². The molecule has 4 heteroatoms. The Morgan fingerprint density at radius 2 is 2.21 bits per heavy atom. The van der Waals surface area contributed by atoms with E-state index in [9.17, 15) is 8.78 Å². The third kappa shape index (κ3) is 2.11. The highest BCUT2D eigenvalue weighted by Crippen LogP contribution is 2.47. The third-order valence-corrected chi connectivity index (χ3v) is 4.64. The predicted octanol–water partition coefficient (Wildman–Crippen LogP) is 3.82. The molecule has 1 fully saturated rings. The number of anilines is 1. The van der Waals surface area contributed by atoms with E-state index in [2.05, 4.69) is 23.7 Å². The Labute approximate surface area is 112 Å². The number of hydrogen-bond donors (Lipinski definition) is 0. The van der Waals surface area contributed by atoms with Crippen molar-refractivity contribution in [2.75, 3.05) is 11.4 Å². The number of halogens is 2. The molecule has 2 atom stereocenters. The zero-order valence-electron chi connectivity index (χ0n) is 11.4. The van der Waals surface area contributed by atoms with Crippen molar-refractivity contribution < 1.29 is 8.78 Å². The van der Waals surface area contributed by atoms with Crippen LogP contribution in [0.3, 0.4) is 0 Å². The molecule has 0 aromatic carbocycles. The highest BCUT2D eigenvalue weighted by molar-refractivity contribution is 5.53. The Bertz CT molecular complexity index is 473. The number of fused-ring (bicyclic) bond motifs is 3. The van der Waals surface area contributed by atoms with Gasteiger partial charge in [0.2, 0.25) is 0 Å². The molecule has 104 valence electrons. The van der Waals surface area contributed by atoms with Gasteiger partial charge in [-0.3, -0.25) is 0 Å². The second-order valence-corrected chi connectivity index (χ2v) is 6.16. The van der Waals surface area contributed by atoms with Gasteiger partial charge < -0.3 is 4.90 Å². The molecule has 0 bridgehead atoms. The fraction of sp³-hybridized carbons (Fsp3) is 0.667. The van der Waals surface area contributed by atoms with Gasteiger partial charge in [-0.2, -0.15) is 0 Å². The van der Waals surface area contributed by atoms with Crippen LogP contribution >= 0.6 is 0 Å². The topological polar surface area (TPSA) is 16.1 Å². The molecule has 1 aromatic heterocycles. The summed E-state index contributed by atoms with van der Waals surface area (Å²) in [5, 5.41) is 0. The highest BCUT2D eigenvalue weighted by Gasteiger charge is 2.47. The fourth-order valence-electron chi connectivity index (χ4n) is 3.48. The number of piperidine rings is 1. The van der Waals surface area contributed by atoms with Crippen molar-refractivity contribution in [2.45, 2.75) is 45.1 Å². The van der Waals surface area contributed by atoms with Gasteiger partial charge in [0, 0.05) is 25.2 Å². The van der Waals surface area contributed by atoms with E-state index in [-0.39, 0.29) is 18.0 Å². The zero-order valence-corrected chi connectivity index (χ0v) is 11.4. The predicted molar refractivity (Wildman–Crippen MR) is 71.4 cm³/mol. The number of pyridine rings is 1. The Kier molecular flexibility index (Phi) is 2.99. The highest BCUT2D eigenvalue weighted by atomic mass is 19.3. The summed E-state index contributed by atoms with van der Waals surface area (Å²) in [5.41, 5.74) is 0.106. The molecule has 3 heterocycles. The molecule has 0 N–H and O–H groups in total. The lowest BCUT2D eigenvalue weighted by Crippen LogP contribution is -2.50. The molecule has 2 nitrogen and oxygen atoms in total. The van der Waals surface area contributed by atoms with E-state index in [0.717, 1.165) is 19.4 Å². The molecule has 0 saturated carbocycles. The molecule has 0 radical (unpaired) electrons. The van der Waals surface area contributed by atoms with Crippen LogP contribution in [-0.4, -0.2) is 17.6 Å². The van der Waals surface area contributed by atoms with Crippen LogP contribution in [0.15, 0.2) is 18.3 Å². The van der Waals surface area contributed by atoms with Gasteiger partial charge in [-0.1, -0.05) is 13.8 Å². The van der Waals surface area contributed by atoms with Gasteiger partial charge in [-0.15, -0.1) is 0 Å². The Morgan fingerprint density at radius 1 is 1.42 bits per heavy atom. The maximum atomic E-state index is 14.2. The monoisotopic (exact) mass is 266 g/mol. The zero-order chi connectivity index (χ0) is 13.6. The summed E-state index contributed by atoms with van der Waals surface area (Å²) < 4.78 is 28.5. The van der Waals surface area contributed by atoms with Crippen LogP contribution < -0.4 is 4.90 Å². The van der Waals surface area contributed by atoms with Crippen LogP contribution in [0.25, 0.3) is 0 Å². The van der Waals surface area contributed by atoms with Gasteiger partial charge >= 0.3 is 0 Å². The summed E-state index contributed by atoms with van der Waals surface area (Å²) in [7, 11) is 0. The van der Waals surface area contributed by atoms with Crippen molar-refractivity contribution in [3.63, 3.8) is 0 Å². The maximum absolute atomic E-state index is 14.2. The van der Waals surface area contributed by atoms with E-state index in [1.165, 1.54) is 6.07 Å². The molecule has 3 rings (SSSR count). The van der Waals surface area contributed by atoms with Crippen LogP contribution in [0.2, 0.25) is 0 Å². The molecular formula is C15H20F2N2. The van der Waals surface area contributed by atoms with Crippen LogP contribution in [0.1, 0.15) is 38.7 Å². The molecule has 0 amide bonds. The van der Waals surface area contributed by atoms with Gasteiger partial charge in [0.15, 0.2) is 0 Å². The summed E-state index contributed by atoms with van der Waals surface area (Å²) in [6, 6.07) is 3.07. The van der Waals surface area contributed by atoms with Crippen molar-refractivity contribution in [2.24, 2.45) is 11.8 Å². The first-order chi connectivity index (χ1) is 8.99. The second-order valence-electron chi connectivity index (χ2n) is 6.16. The van der Waals surface area contributed by atoms with E-state index >= 15 is 0 Å². The van der Waals surface area contributed by atoms with Crippen molar-refractivity contribution in [1.29, 1.82) is 0 Å². The SMILES string of the molecule is CC(C)C1CCN2c3ncccc3C(F)(F)C[C@@H]2C1. The normalized spacial score (nSPS) is 29.0. The van der Waals surface area contributed by atoms with Crippen LogP contribution in [0.4, 0.5) is 14.6 Å². The van der Waals surface area contributed by atoms with Gasteiger partial charge in [-0.05, 0) is 36.8 Å². The number of rotatable bonds is 1. The third-order valence-electron chi connectivity index (χ3n) is 4.64. The number of aromatic nitrogens is 1. The molecule has 2 aliphatic heterocycles. The molecule has 1 unspecified atom stereocenters. The number of nitrogens with zero attached hydrogens (tertiary/aromatic N) is 2. The largest absolute Gasteiger partial charge is 0.353 e. The van der Waals surface area contributed by atoms with Crippen molar-refractivity contribution in [1.82, 2.24) is 4.98 Å². The van der Waals surface area contributed by atoms with Crippen molar-refractivity contribution in [3.8, 4) is 0 Å². The minimum absolute atomic E-state index is 0.0569. The summed E-state index contributed by atoms with van der Waals surface area (Å²) >= 11 is 0. The molecule has 19 heavy (non-hydrogen) atoms. The molecular weight excluding hydrogens is 246 g/mol. The average Bonchev–Trinajstić information content (AvgIpc) is 2.37. The Balaban J connectivity index is 1.94. The first-order valence-electron chi connectivity index (χ1n) is 7.09. The molecule has 0 aliphatic carbocycles. The van der Waals surface area contributed by atoms with Gasteiger partial charge in [-0.25, -0.2) is 13.8 Å². The summed E-state index contributed by atoms with van der Waals surface area (Å²) in [6.07, 6.45) is 3.50. The standard InChI is InChI=1S/C15H20F2N2/c1-10(2)11-5-7-19-12(8-11)9-15(16,17)13-4-3-6-18-14(13)19/h3-4,6,10-12H,5,7-9H2,1-2H3/t11?,12-/m0/s1. The van der Waals surface area contributed by atoms with Gasteiger partial charge in [0.25, 0.3) is 5.92 Å². The summed E-state index contributed by atoms with van der Waals surface area (Å²) in [4.78, 5) is 6.32. The number of alkyl halides is 2. The molecule has 2 aliphatic rings. The number of hydrogen-bond acceptors (Lipinski definition) is 2. The van der Waals surface area contributed by atoms with E-state index in [1.807, 2.05) is 0 Å². The quantitative estimate of drug-likeness (QED) is 0.768. The van der Waals surface area contributed by atoms with Crippen molar-refractivity contribution >= 4 is 5.82 Å². The lowest BCUT2D eigenvalue weighted by atomic mass is 9.79. The Morgan fingerprint density at radius 3 is 2.95 bits per heavy atom. The van der Waals surface area contributed by atoms with E-state index in [1.54, 1.807) is 12.3 Å². The average molecular weight is 266 g/mol. The first-order valence-corrected chi connectivity index (χ1v) is 7.09. The lowest BCUT2D eigenvalue weighted by molar-refractivity contribution is -0.0315. The van der Waals surface area contributed by atoms with Crippen LogP contribution in [0, 0.1) is 11.8 Å². The summed E-state index contributed by atoms with van der Waals surface area (Å²) in [5.74, 6) is -1.10. The van der Waals surface area contributed by atoms with Crippen molar-refractivity contribution in [3.05, 3.63) is 23.9 Å². The minimum Gasteiger partial charge on any atom is -0.353 e.